The molecule has 0 saturated heterocycles. The van der Waals surface area contributed by atoms with Crippen LogP contribution in [0.2, 0.25) is 0 Å². The lowest BCUT2D eigenvalue weighted by atomic mass is 10.1. The van der Waals surface area contributed by atoms with Crippen molar-refractivity contribution in [1.29, 1.82) is 0 Å². The Bertz CT molecular complexity index is 565. The van der Waals surface area contributed by atoms with E-state index in [9.17, 15) is 4.79 Å². The molecule has 1 aromatic heterocycles. The van der Waals surface area contributed by atoms with Gasteiger partial charge < -0.3 is 10.6 Å². The van der Waals surface area contributed by atoms with E-state index < -0.39 is 0 Å². The molecule has 20 heavy (non-hydrogen) atoms. The van der Waals surface area contributed by atoms with Crippen molar-refractivity contribution >= 4 is 22.4 Å². The van der Waals surface area contributed by atoms with Gasteiger partial charge in [0.1, 0.15) is 0 Å². The molecular weight excluding hydrogens is 272 g/mol. The molecule has 0 aliphatic heterocycles. The second kappa shape index (κ2) is 7.00. The van der Waals surface area contributed by atoms with Crippen molar-refractivity contribution in [1.82, 2.24) is 15.5 Å². The molecule has 0 unspecified atom stereocenters. The van der Waals surface area contributed by atoms with Gasteiger partial charge in [-0.05, 0) is 18.9 Å². The zero-order chi connectivity index (χ0) is 14.4. The molecule has 0 spiro atoms. The topological polar surface area (TPSA) is 66.9 Å². The van der Waals surface area contributed by atoms with E-state index in [0.29, 0.717) is 16.7 Å². The standard InChI is InChI=1S/C14H18N4OS/c1-3-8-15-14-18-17-13(20-14)12(19)16-9-11-6-4-10(2)5-7-11/h4-7H,3,8-9H2,1-2H3,(H,15,18)(H,16,19). The molecule has 2 N–H and O–H groups in total. The Morgan fingerprint density at radius 1 is 1.25 bits per heavy atom. The number of carbonyl (C=O) groups is 1. The summed E-state index contributed by atoms with van der Waals surface area (Å²) in [7, 11) is 0. The van der Waals surface area contributed by atoms with Gasteiger partial charge in [0.15, 0.2) is 0 Å². The number of nitrogens with one attached hydrogen (secondary N) is 2. The molecular formula is C14H18N4OS. The van der Waals surface area contributed by atoms with E-state index in [2.05, 4.69) is 27.8 Å². The van der Waals surface area contributed by atoms with Crippen molar-refractivity contribution in [2.24, 2.45) is 0 Å². The van der Waals surface area contributed by atoms with Crippen molar-refractivity contribution in [3.05, 3.63) is 40.4 Å². The van der Waals surface area contributed by atoms with Crippen LogP contribution in [0.15, 0.2) is 24.3 Å². The Labute approximate surface area is 122 Å². The minimum Gasteiger partial charge on any atom is -0.360 e. The van der Waals surface area contributed by atoms with Crippen molar-refractivity contribution in [3.8, 4) is 0 Å². The van der Waals surface area contributed by atoms with Gasteiger partial charge in [0, 0.05) is 13.1 Å². The normalized spacial score (nSPS) is 10.3. The molecule has 0 aliphatic rings. The van der Waals surface area contributed by atoms with Gasteiger partial charge in [-0.2, -0.15) is 0 Å². The molecule has 6 heteroatoms. The van der Waals surface area contributed by atoms with E-state index >= 15 is 0 Å². The molecule has 1 aromatic carbocycles. The molecule has 1 heterocycles. The Morgan fingerprint density at radius 2 is 2.00 bits per heavy atom. The molecule has 0 atom stereocenters. The molecule has 0 radical (unpaired) electrons. The zero-order valence-electron chi connectivity index (χ0n) is 11.6. The third-order valence-corrected chi connectivity index (χ3v) is 3.60. The third kappa shape index (κ3) is 4.03. The number of anilines is 1. The number of nitrogens with zero attached hydrogens (tertiary/aromatic N) is 2. The van der Waals surface area contributed by atoms with Gasteiger partial charge in [-0.1, -0.05) is 48.1 Å². The second-order valence-electron chi connectivity index (χ2n) is 4.51. The quantitative estimate of drug-likeness (QED) is 0.858. The average molecular weight is 290 g/mol. The van der Waals surface area contributed by atoms with Crippen LogP contribution < -0.4 is 10.6 Å². The van der Waals surface area contributed by atoms with Crippen molar-refractivity contribution in [3.63, 3.8) is 0 Å². The Morgan fingerprint density at radius 3 is 2.70 bits per heavy atom. The Hall–Kier alpha value is -1.95. The van der Waals surface area contributed by atoms with E-state index in [1.54, 1.807) is 0 Å². The number of aromatic nitrogens is 2. The SMILES string of the molecule is CCCNc1nnc(C(=O)NCc2ccc(C)cc2)s1. The molecule has 106 valence electrons. The summed E-state index contributed by atoms with van der Waals surface area (Å²) in [5, 5.41) is 14.9. The number of hydrogen-bond donors (Lipinski definition) is 2. The summed E-state index contributed by atoms with van der Waals surface area (Å²) in [6, 6.07) is 8.06. The summed E-state index contributed by atoms with van der Waals surface area (Å²) in [6.45, 7) is 5.44. The summed E-state index contributed by atoms with van der Waals surface area (Å²) in [4.78, 5) is 11.9. The van der Waals surface area contributed by atoms with Gasteiger partial charge in [0.05, 0.1) is 0 Å². The van der Waals surface area contributed by atoms with Crippen LogP contribution in [0.3, 0.4) is 0 Å². The number of benzene rings is 1. The highest BCUT2D eigenvalue weighted by atomic mass is 32.1. The lowest BCUT2D eigenvalue weighted by molar-refractivity contribution is 0.0950. The Kier molecular flexibility index (Phi) is 5.06. The van der Waals surface area contributed by atoms with Crippen LogP contribution in [0.4, 0.5) is 5.13 Å². The zero-order valence-corrected chi connectivity index (χ0v) is 12.5. The predicted molar refractivity (Wildman–Crippen MR) is 81.0 cm³/mol. The van der Waals surface area contributed by atoms with Gasteiger partial charge in [0.25, 0.3) is 5.91 Å². The highest BCUT2D eigenvalue weighted by Crippen LogP contribution is 2.15. The maximum absolute atomic E-state index is 11.9. The fraction of sp³-hybridized carbons (Fsp3) is 0.357. The first-order chi connectivity index (χ1) is 9.69. The largest absolute Gasteiger partial charge is 0.360 e. The second-order valence-corrected chi connectivity index (χ2v) is 5.48. The summed E-state index contributed by atoms with van der Waals surface area (Å²) >= 11 is 1.27. The van der Waals surface area contributed by atoms with E-state index in [-0.39, 0.29) is 5.91 Å². The lowest BCUT2D eigenvalue weighted by Gasteiger charge is -2.03. The highest BCUT2D eigenvalue weighted by molar-refractivity contribution is 7.17. The Balaban J connectivity index is 1.88. The van der Waals surface area contributed by atoms with Crippen LogP contribution in [0, 0.1) is 6.92 Å². The smallest absolute Gasteiger partial charge is 0.282 e. The summed E-state index contributed by atoms with van der Waals surface area (Å²) in [6.07, 6.45) is 1.01. The summed E-state index contributed by atoms with van der Waals surface area (Å²) in [5.41, 5.74) is 2.27. The number of carbonyl (C=O) groups excluding carboxylic acids is 1. The van der Waals surface area contributed by atoms with Crippen LogP contribution >= 0.6 is 11.3 Å². The van der Waals surface area contributed by atoms with Crippen LogP contribution in [0.25, 0.3) is 0 Å². The predicted octanol–water partition coefficient (Wildman–Crippen LogP) is 2.60. The molecule has 0 aliphatic carbocycles. The van der Waals surface area contributed by atoms with E-state index in [4.69, 9.17) is 0 Å². The van der Waals surface area contributed by atoms with Crippen LogP contribution in [0.5, 0.6) is 0 Å². The van der Waals surface area contributed by atoms with Crippen molar-refractivity contribution < 1.29 is 4.79 Å². The molecule has 2 aromatic rings. The molecule has 2 rings (SSSR count). The van der Waals surface area contributed by atoms with Gasteiger partial charge in [-0.25, -0.2) is 0 Å². The van der Waals surface area contributed by atoms with E-state index in [1.807, 2.05) is 31.2 Å². The first-order valence-electron chi connectivity index (χ1n) is 6.60. The lowest BCUT2D eigenvalue weighted by Crippen LogP contribution is -2.22. The maximum atomic E-state index is 11.9. The van der Waals surface area contributed by atoms with Gasteiger partial charge in [-0.3, -0.25) is 4.79 Å². The molecule has 5 nitrogen and oxygen atoms in total. The third-order valence-electron chi connectivity index (χ3n) is 2.72. The van der Waals surface area contributed by atoms with Gasteiger partial charge in [-0.15, -0.1) is 10.2 Å². The maximum Gasteiger partial charge on any atom is 0.282 e. The number of rotatable bonds is 6. The van der Waals surface area contributed by atoms with Crippen molar-refractivity contribution in [2.75, 3.05) is 11.9 Å². The van der Waals surface area contributed by atoms with E-state index in [1.165, 1.54) is 16.9 Å². The van der Waals surface area contributed by atoms with Gasteiger partial charge in [0.2, 0.25) is 10.1 Å². The molecule has 0 fully saturated rings. The number of aryl methyl sites for hydroxylation is 1. The minimum absolute atomic E-state index is 0.187. The van der Waals surface area contributed by atoms with Crippen LogP contribution in [-0.2, 0) is 6.54 Å². The monoisotopic (exact) mass is 290 g/mol. The van der Waals surface area contributed by atoms with E-state index in [0.717, 1.165) is 18.5 Å². The molecule has 0 bridgehead atoms. The van der Waals surface area contributed by atoms with Crippen LogP contribution in [-0.4, -0.2) is 22.6 Å². The average Bonchev–Trinajstić information content (AvgIpc) is 2.93. The van der Waals surface area contributed by atoms with Crippen LogP contribution in [0.1, 0.15) is 34.3 Å². The first-order valence-corrected chi connectivity index (χ1v) is 7.42. The van der Waals surface area contributed by atoms with Gasteiger partial charge >= 0.3 is 0 Å². The fourth-order valence-corrected chi connectivity index (χ4v) is 2.27. The summed E-state index contributed by atoms with van der Waals surface area (Å²) < 4.78 is 0. The highest BCUT2D eigenvalue weighted by Gasteiger charge is 2.12. The minimum atomic E-state index is -0.187. The number of amides is 1. The number of hydrogen-bond acceptors (Lipinski definition) is 5. The fourth-order valence-electron chi connectivity index (χ4n) is 1.58. The summed E-state index contributed by atoms with van der Waals surface area (Å²) in [5.74, 6) is -0.187. The molecule has 1 amide bonds. The molecule has 0 saturated carbocycles. The van der Waals surface area contributed by atoms with Crippen molar-refractivity contribution in [2.45, 2.75) is 26.8 Å². The first kappa shape index (κ1) is 14.5.